The topological polar surface area (TPSA) is 83.8 Å². The Morgan fingerprint density at radius 1 is 1.18 bits per heavy atom. The van der Waals surface area contributed by atoms with Gasteiger partial charge in [-0.05, 0) is 79.9 Å². The van der Waals surface area contributed by atoms with Crippen LogP contribution in [0.15, 0.2) is 29.8 Å². The van der Waals surface area contributed by atoms with Gasteiger partial charge in [0.05, 0.1) is 6.10 Å². The number of ketones is 2. The molecule has 0 aliphatic heterocycles. The molecule has 34 heavy (non-hydrogen) atoms. The largest absolute Gasteiger partial charge is 0.483 e. The predicted octanol–water partition coefficient (Wildman–Crippen LogP) is 4.15. The van der Waals surface area contributed by atoms with Crippen molar-refractivity contribution in [2.75, 3.05) is 6.61 Å². The first-order chi connectivity index (χ1) is 16.0. The molecule has 7 atom stereocenters. The van der Waals surface area contributed by atoms with E-state index in [1.165, 1.54) is 0 Å². The number of rotatable bonds is 4. The number of aliphatic hydroxyl groups excluding tert-OH is 1. The molecule has 2 N–H and O–H groups in total. The summed E-state index contributed by atoms with van der Waals surface area (Å²) in [4.78, 5) is 25.3. The number of aliphatic hydroxyl groups is 2. The molecule has 4 aliphatic carbocycles. The van der Waals surface area contributed by atoms with E-state index in [4.69, 9.17) is 4.74 Å². The number of carbonyl (C=O) groups is 2. The quantitative estimate of drug-likeness (QED) is 0.685. The summed E-state index contributed by atoms with van der Waals surface area (Å²) in [7, 11) is 0. The second kappa shape index (κ2) is 7.95. The molecule has 0 spiro atoms. The smallest absolute Gasteiger partial charge is 0.202 e. The minimum Gasteiger partial charge on any atom is -0.483 e. The van der Waals surface area contributed by atoms with Crippen molar-refractivity contribution in [1.82, 2.24) is 0 Å². The zero-order valence-electron chi connectivity index (χ0n) is 19.7. The summed E-state index contributed by atoms with van der Waals surface area (Å²) in [6, 6.07) is 2.86. The number of halogens is 2. The molecule has 0 saturated heterocycles. The van der Waals surface area contributed by atoms with Crippen molar-refractivity contribution in [3.63, 3.8) is 0 Å². The van der Waals surface area contributed by atoms with Crippen LogP contribution in [0.25, 0.3) is 0 Å². The van der Waals surface area contributed by atoms with Gasteiger partial charge in [0.2, 0.25) is 5.78 Å². The molecule has 1 aromatic carbocycles. The Bertz CT molecular complexity index is 1070. The van der Waals surface area contributed by atoms with Crippen LogP contribution in [-0.4, -0.2) is 40.1 Å². The minimum atomic E-state index is -1.69. The van der Waals surface area contributed by atoms with Crippen LogP contribution >= 0.6 is 0 Å². The second-order valence-corrected chi connectivity index (χ2v) is 11.3. The number of hydrogen-bond donors (Lipinski definition) is 2. The van der Waals surface area contributed by atoms with Gasteiger partial charge in [-0.3, -0.25) is 9.59 Å². The number of fused-ring (bicyclic) bond motifs is 5. The van der Waals surface area contributed by atoms with Gasteiger partial charge in [0.15, 0.2) is 17.3 Å². The molecule has 4 aliphatic rings. The number of Topliss-reactive ketones (excluding diaryl/α,β-unsaturated/α-hetero) is 1. The molecule has 0 radical (unpaired) electrons. The van der Waals surface area contributed by atoms with E-state index in [2.05, 4.69) is 6.92 Å². The molecule has 5 nitrogen and oxygen atoms in total. The van der Waals surface area contributed by atoms with E-state index in [-0.39, 0.29) is 47.5 Å². The molecular weight excluding hydrogens is 442 g/mol. The fourth-order valence-electron chi connectivity index (χ4n) is 8.01. The average molecular weight is 475 g/mol. The second-order valence-electron chi connectivity index (χ2n) is 11.3. The van der Waals surface area contributed by atoms with Crippen LogP contribution in [0.4, 0.5) is 8.78 Å². The normalized spacial score (nSPS) is 41.2. The van der Waals surface area contributed by atoms with E-state index in [1.807, 2.05) is 6.92 Å². The highest BCUT2D eigenvalue weighted by atomic mass is 19.1. The number of benzene rings is 1. The van der Waals surface area contributed by atoms with Gasteiger partial charge < -0.3 is 14.9 Å². The first-order valence-corrected chi connectivity index (χ1v) is 12.2. The standard InChI is InChI=1S/C27H32F2O5/c1-25-9-7-17(30)11-15(25)3-5-18-19-8-10-27(33,26(19,2)13-21(31)24(18)25)23(32)14-34-22-6-4-16(28)12-20(22)29/h4,6,11-12,18-19,21,24,31,33H,3,5,7-10,13-14H2,1-2H3/t18?,19?,21?,24?,25?,26?,27-/m0/s1. The number of carbonyl (C=O) groups excluding carboxylic acids is 2. The highest BCUT2D eigenvalue weighted by Gasteiger charge is 2.68. The van der Waals surface area contributed by atoms with Gasteiger partial charge in [-0.1, -0.05) is 19.4 Å². The van der Waals surface area contributed by atoms with E-state index in [1.54, 1.807) is 6.08 Å². The SMILES string of the molecule is CC12CCC(=O)C=C1CCC1C2C(O)CC2(C)C1CC[C@]2(O)C(=O)COc1ccc(F)cc1F. The molecule has 0 heterocycles. The first kappa shape index (κ1) is 23.6. The fourth-order valence-corrected chi connectivity index (χ4v) is 8.01. The van der Waals surface area contributed by atoms with Crippen molar-refractivity contribution >= 4 is 11.6 Å². The Kier molecular flexibility index (Phi) is 5.52. The monoisotopic (exact) mass is 474 g/mol. The van der Waals surface area contributed by atoms with Gasteiger partial charge in [0, 0.05) is 17.9 Å². The summed E-state index contributed by atoms with van der Waals surface area (Å²) in [6.07, 6.45) is 5.09. The van der Waals surface area contributed by atoms with Crippen molar-refractivity contribution in [2.24, 2.45) is 28.6 Å². The molecule has 6 unspecified atom stereocenters. The van der Waals surface area contributed by atoms with Crippen LogP contribution in [0.3, 0.4) is 0 Å². The van der Waals surface area contributed by atoms with E-state index in [0.717, 1.165) is 37.0 Å². The van der Waals surface area contributed by atoms with E-state index in [9.17, 15) is 28.6 Å². The summed E-state index contributed by atoms with van der Waals surface area (Å²) in [5, 5.41) is 23.1. The molecular formula is C27H32F2O5. The minimum absolute atomic E-state index is 0.0133. The summed E-state index contributed by atoms with van der Waals surface area (Å²) >= 11 is 0. The Balaban J connectivity index is 1.39. The van der Waals surface area contributed by atoms with Crippen molar-refractivity contribution in [1.29, 1.82) is 0 Å². The molecule has 3 fully saturated rings. The molecule has 0 bridgehead atoms. The van der Waals surface area contributed by atoms with Crippen molar-refractivity contribution in [2.45, 2.75) is 70.5 Å². The van der Waals surface area contributed by atoms with Crippen molar-refractivity contribution < 1.29 is 33.3 Å². The molecule has 5 rings (SSSR count). The van der Waals surface area contributed by atoms with Crippen LogP contribution in [-0.2, 0) is 9.59 Å². The van der Waals surface area contributed by atoms with Crippen molar-refractivity contribution in [3.05, 3.63) is 41.5 Å². The van der Waals surface area contributed by atoms with Crippen LogP contribution in [0.2, 0.25) is 0 Å². The van der Waals surface area contributed by atoms with E-state index >= 15 is 0 Å². The lowest BCUT2D eigenvalue weighted by Gasteiger charge is -2.60. The molecule has 7 heteroatoms. The molecule has 184 valence electrons. The van der Waals surface area contributed by atoms with Crippen LogP contribution in [0, 0.1) is 40.2 Å². The lowest BCUT2D eigenvalue weighted by molar-refractivity contribution is -0.181. The third-order valence-electron chi connectivity index (χ3n) is 9.76. The molecule has 3 saturated carbocycles. The van der Waals surface area contributed by atoms with Crippen LogP contribution in [0.1, 0.15) is 58.8 Å². The fraction of sp³-hybridized carbons (Fsp3) is 0.630. The maximum atomic E-state index is 14.0. The summed E-state index contributed by atoms with van der Waals surface area (Å²) in [5.41, 5.74) is -1.64. The van der Waals surface area contributed by atoms with Gasteiger partial charge in [0.25, 0.3) is 0 Å². The van der Waals surface area contributed by atoms with Crippen LogP contribution < -0.4 is 4.74 Å². The van der Waals surface area contributed by atoms with Crippen molar-refractivity contribution in [3.8, 4) is 5.75 Å². The number of ether oxygens (including phenoxy) is 1. The number of allylic oxidation sites excluding steroid dienone is 1. The van der Waals surface area contributed by atoms with Gasteiger partial charge in [0.1, 0.15) is 18.0 Å². The Morgan fingerprint density at radius 2 is 1.94 bits per heavy atom. The van der Waals surface area contributed by atoms with Crippen LogP contribution in [0.5, 0.6) is 5.75 Å². The Hall–Kier alpha value is -2.12. The Labute approximate surface area is 198 Å². The zero-order valence-corrected chi connectivity index (χ0v) is 19.7. The lowest BCUT2D eigenvalue weighted by Crippen LogP contribution is -2.62. The van der Waals surface area contributed by atoms with Gasteiger partial charge in [-0.25, -0.2) is 8.78 Å². The lowest BCUT2D eigenvalue weighted by atomic mass is 9.45. The third-order valence-corrected chi connectivity index (χ3v) is 9.76. The third kappa shape index (κ3) is 3.30. The first-order valence-electron chi connectivity index (χ1n) is 12.2. The highest BCUT2D eigenvalue weighted by Crippen LogP contribution is 2.67. The van der Waals surface area contributed by atoms with Gasteiger partial charge in [-0.2, -0.15) is 0 Å². The van der Waals surface area contributed by atoms with Gasteiger partial charge in [-0.15, -0.1) is 0 Å². The molecule has 1 aromatic rings. The highest BCUT2D eigenvalue weighted by molar-refractivity contribution is 5.92. The maximum absolute atomic E-state index is 14.0. The predicted molar refractivity (Wildman–Crippen MR) is 120 cm³/mol. The Morgan fingerprint density at radius 3 is 2.68 bits per heavy atom. The maximum Gasteiger partial charge on any atom is 0.202 e. The van der Waals surface area contributed by atoms with E-state index in [0.29, 0.717) is 18.9 Å². The van der Waals surface area contributed by atoms with Gasteiger partial charge >= 0.3 is 0 Å². The molecule has 0 amide bonds. The molecule has 0 aromatic heterocycles. The summed E-state index contributed by atoms with van der Waals surface area (Å²) in [5.74, 6) is -2.11. The number of hydrogen-bond acceptors (Lipinski definition) is 5. The summed E-state index contributed by atoms with van der Waals surface area (Å²) in [6.45, 7) is 3.52. The van der Waals surface area contributed by atoms with E-state index < -0.39 is 41.1 Å². The zero-order chi connectivity index (χ0) is 24.5. The summed E-state index contributed by atoms with van der Waals surface area (Å²) < 4.78 is 32.5. The average Bonchev–Trinajstić information content (AvgIpc) is 3.04.